The van der Waals surface area contributed by atoms with Gasteiger partial charge in [-0.15, -0.1) is 37.2 Å². The van der Waals surface area contributed by atoms with Crippen LogP contribution in [-0.4, -0.2) is 58.4 Å². The molecule has 0 spiro atoms. The van der Waals surface area contributed by atoms with Gasteiger partial charge < -0.3 is 15.0 Å². The first-order valence-electron chi connectivity index (χ1n) is 10.9. The molecule has 2 N–H and O–H groups in total. The van der Waals surface area contributed by atoms with Gasteiger partial charge in [0, 0.05) is 36.8 Å². The Bertz CT molecular complexity index is 907. The molecule has 1 atom stereocenters. The second-order valence-corrected chi connectivity index (χ2v) is 8.41. The van der Waals surface area contributed by atoms with Crippen LogP contribution < -0.4 is 5.32 Å². The van der Waals surface area contributed by atoms with Crippen molar-refractivity contribution in [3.05, 3.63) is 41.6 Å². The van der Waals surface area contributed by atoms with Crippen LogP contribution in [0.2, 0.25) is 0 Å². The van der Waals surface area contributed by atoms with Gasteiger partial charge in [0.15, 0.2) is 0 Å². The van der Waals surface area contributed by atoms with E-state index in [2.05, 4.69) is 10.2 Å². The monoisotopic (exact) mass is 548 g/mol. The molecule has 2 aliphatic rings. The van der Waals surface area contributed by atoms with Gasteiger partial charge in [-0.05, 0) is 63.5 Å². The van der Waals surface area contributed by atoms with E-state index in [1.165, 1.54) is 6.07 Å². The lowest BCUT2D eigenvalue weighted by Crippen LogP contribution is -2.35. The summed E-state index contributed by atoms with van der Waals surface area (Å²) in [5.41, 5.74) is -0.581. The Morgan fingerprint density at radius 1 is 1.06 bits per heavy atom. The van der Waals surface area contributed by atoms with Crippen LogP contribution in [0.3, 0.4) is 0 Å². The van der Waals surface area contributed by atoms with Gasteiger partial charge in [-0.3, -0.25) is 4.90 Å². The average molecular weight is 550 g/mol. The molecule has 12 heteroatoms. The molecule has 0 aliphatic carbocycles. The van der Waals surface area contributed by atoms with E-state index >= 15 is 0 Å². The van der Waals surface area contributed by atoms with Gasteiger partial charge in [0.05, 0.1) is 17.9 Å². The highest BCUT2D eigenvalue weighted by molar-refractivity contribution is 5.86. The molecule has 2 saturated heterocycles. The van der Waals surface area contributed by atoms with Crippen molar-refractivity contribution in [1.82, 2.24) is 19.8 Å². The molecule has 1 aromatic heterocycles. The Kier molecular flexibility index (Phi) is 12.1. The number of hydrogen-bond acceptors (Lipinski definition) is 4. The van der Waals surface area contributed by atoms with E-state index < -0.39 is 17.6 Å². The topological polar surface area (TPSA) is 53.3 Å². The number of rotatable bonds is 6. The highest BCUT2D eigenvalue weighted by atomic mass is 35.5. The van der Waals surface area contributed by atoms with Crippen LogP contribution in [0.5, 0.6) is 0 Å². The predicted octanol–water partition coefficient (Wildman–Crippen LogP) is 4.90. The maximum absolute atomic E-state index is 13.7. The predicted molar refractivity (Wildman–Crippen MR) is 131 cm³/mol. The zero-order chi connectivity index (χ0) is 22.0. The van der Waals surface area contributed by atoms with E-state index in [4.69, 9.17) is 4.98 Å². The molecule has 4 rings (SSSR count). The molecule has 2 aliphatic heterocycles. The molecule has 194 valence electrons. The van der Waals surface area contributed by atoms with E-state index in [0.717, 1.165) is 69.8 Å². The third-order valence-electron chi connectivity index (χ3n) is 6.42. The second-order valence-electron chi connectivity index (χ2n) is 8.41. The fourth-order valence-electron chi connectivity index (χ4n) is 4.69. The van der Waals surface area contributed by atoms with Crippen molar-refractivity contribution in [2.45, 2.75) is 50.4 Å². The van der Waals surface area contributed by atoms with Crippen LogP contribution in [0.25, 0.3) is 11.3 Å². The summed E-state index contributed by atoms with van der Waals surface area (Å²) >= 11 is 0. The first-order chi connectivity index (χ1) is 14.9. The van der Waals surface area contributed by atoms with Crippen molar-refractivity contribution < 1.29 is 22.7 Å². The van der Waals surface area contributed by atoms with Crippen molar-refractivity contribution in [2.24, 2.45) is 0 Å². The molecule has 0 amide bonds. The van der Waals surface area contributed by atoms with Gasteiger partial charge in [-0.1, -0.05) is 0 Å². The second kappa shape index (κ2) is 13.3. The number of halogens is 7. The van der Waals surface area contributed by atoms with E-state index in [1.807, 2.05) is 4.57 Å². The zero-order valence-corrected chi connectivity index (χ0v) is 21.0. The number of aromatic nitrogens is 2. The number of nitrogens with one attached hydrogen (secondary N) is 1. The smallest absolute Gasteiger partial charge is 0.395 e. The standard InChI is InChI=1S/C22H28F4N4O.3ClH/c23-19-4-3-16(12-18(19)22(24,25)26)20-13-30(11-10-29-9-1-2-17(29)14-31)21(28-20)15-5-7-27-8-6-15;;;/h3-4,12-13,15,17,27,31H,1-2,5-11,14H2;3*1H/t17-;;;/m1.../s1. The molecule has 34 heavy (non-hydrogen) atoms. The first kappa shape index (κ1) is 30.9. The van der Waals surface area contributed by atoms with Gasteiger partial charge in [0.1, 0.15) is 11.6 Å². The van der Waals surface area contributed by atoms with Crippen LogP contribution >= 0.6 is 37.2 Å². The lowest BCUT2D eigenvalue weighted by atomic mass is 9.97. The zero-order valence-electron chi connectivity index (χ0n) is 18.6. The van der Waals surface area contributed by atoms with Gasteiger partial charge in [-0.25, -0.2) is 9.37 Å². The molecule has 2 fully saturated rings. The van der Waals surface area contributed by atoms with Gasteiger partial charge in [0.25, 0.3) is 0 Å². The Labute approximate surface area is 215 Å². The summed E-state index contributed by atoms with van der Waals surface area (Å²) in [5.74, 6) is -0.183. The molecule has 0 unspecified atom stereocenters. The molecule has 0 radical (unpaired) electrons. The van der Waals surface area contributed by atoms with E-state index in [-0.39, 0.29) is 61.4 Å². The number of hydrogen-bond donors (Lipinski definition) is 2. The fourth-order valence-corrected chi connectivity index (χ4v) is 4.69. The number of benzene rings is 1. The minimum Gasteiger partial charge on any atom is -0.395 e. The fraction of sp³-hybridized carbons (Fsp3) is 0.591. The van der Waals surface area contributed by atoms with Crippen LogP contribution in [-0.2, 0) is 12.7 Å². The largest absolute Gasteiger partial charge is 0.419 e. The molecule has 0 bridgehead atoms. The van der Waals surface area contributed by atoms with E-state index in [9.17, 15) is 22.7 Å². The summed E-state index contributed by atoms with van der Waals surface area (Å²) in [4.78, 5) is 6.97. The minimum absolute atomic E-state index is 0. The quantitative estimate of drug-likeness (QED) is 0.504. The highest BCUT2D eigenvalue weighted by Gasteiger charge is 2.34. The molecular formula is C22H31Cl3F4N4O. The van der Waals surface area contributed by atoms with Crippen molar-refractivity contribution in [3.63, 3.8) is 0 Å². The van der Waals surface area contributed by atoms with Crippen LogP contribution in [0.1, 0.15) is 43.0 Å². The molecular weight excluding hydrogens is 519 g/mol. The SMILES string of the molecule is Cl.Cl.Cl.OC[C@H]1CCCN1CCn1cc(-c2ccc(F)c(C(F)(F)F)c2)nc1C1CCNCC1. The molecule has 0 saturated carbocycles. The third-order valence-corrected chi connectivity index (χ3v) is 6.42. The lowest BCUT2D eigenvalue weighted by molar-refractivity contribution is -0.139. The summed E-state index contributed by atoms with van der Waals surface area (Å²) in [5, 5.41) is 12.9. The molecule has 3 heterocycles. The first-order valence-corrected chi connectivity index (χ1v) is 10.9. The average Bonchev–Trinajstić information content (AvgIpc) is 3.39. The maximum atomic E-state index is 13.7. The molecule has 5 nitrogen and oxygen atoms in total. The summed E-state index contributed by atoms with van der Waals surface area (Å²) in [6.45, 7) is 4.21. The maximum Gasteiger partial charge on any atom is 0.419 e. The van der Waals surface area contributed by atoms with Gasteiger partial charge in [0.2, 0.25) is 0 Å². The summed E-state index contributed by atoms with van der Waals surface area (Å²) in [6, 6.07) is 3.22. The number of aliphatic hydroxyl groups excluding tert-OH is 1. The number of piperidine rings is 1. The van der Waals surface area contributed by atoms with Gasteiger partial charge in [-0.2, -0.15) is 13.2 Å². The van der Waals surface area contributed by atoms with E-state index in [1.54, 1.807) is 6.20 Å². The Balaban J connectivity index is 0.00000193. The van der Waals surface area contributed by atoms with Crippen molar-refractivity contribution in [1.29, 1.82) is 0 Å². The number of nitrogens with zero attached hydrogens (tertiary/aromatic N) is 3. The third kappa shape index (κ3) is 6.98. The van der Waals surface area contributed by atoms with Crippen LogP contribution in [0.15, 0.2) is 24.4 Å². The Morgan fingerprint density at radius 3 is 2.41 bits per heavy atom. The summed E-state index contributed by atoms with van der Waals surface area (Å²) < 4.78 is 55.3. The number of alkyl halides is 3. The Morgan fingerprint density at radius 2 is 1.76 bits per heavy atom. The lowest BCUT2D eigenvalue weighted by Gasteiger charge is -2.25. The van der Waals surface area contributed by atoms with Crippen molar-refractivity contribution >= 4 is 37.2 Å². The van der Waals surface area contributed by atoms with E-state index in [0.29, 0.717) is 12.2 Å². The normalized spacial score (nSPS) is 19.3. The number of aliphatic hydroxyl groups is 1. The Hall–Kier alpha value is -1.10. The number of likely N-dealkylation sites (tertiary alicyclic amines) is 1. The van der Waals surface area contributed by atoms with Crippen molar-refractivity contribution in [2.75, 3.05) is 32.8 Å². The highest BCUT2D eigenvalue weighted by Crippen LogP contribution is 2.35. The number of imidazole rings is 1. The molecule has 1 aromatic carbocycles. The summed E-state index contributed by atoms with van der Waals surface area (Å²) in [7, 11) is 0. The van der Waals surface area contributed by atoms with Crippen LogP contribution in [0, 0.1) is 5.82 Å². The minimum atomic E-state index is -4.75. The summed E-state index contributed by atoms with van der Waals surface area (Å²) in [6.07, 6.45) is 0.887. The molecule has 2 aromatic rings. The van der Waals surface area contributed by atoms with Gasteiger partial charge >= 0.3 is 6.18 Å². The van der Waals surface area contributed by atoms with Crippen LogP contribution in [0.4, 0.5) is 17.6 Å². The van der Waals surface area contributed by atoms with Crippen molar-refractivity contribution in [3.8, 4) is 11.3 Å².